The highest BCUT2D eigenvalue weighted by Gasteiger charge is 2.63. The van der Waals surface area contributed by atoms with Crippen LogP contribution >= 0.6 is 0 Å². The van der Waals surface area contributed by atoms with E-state index in [0.29, 0.717) is 36.8 Å². The number of aliphatic imine (C=N–C) groups is 1. The summed E-state index contributed by atoms with van der Waals surface area (Å²) in [4.78, 5) is 32.9. The number of carbonyl (C=O) groups is 2. The van der Waals surface area contributed by atoms with E-state index in [1.165, 1.54) is 17.1 Å². The maximum absolute atomic E-state index is 13.8. The smallest absolute Gasteiger partial charge is 0.260 e. The lowest BCUT2D eigenvalue weighted by Crippen LogP contribution is -2.39. The van der Waals surface area contributed by atoms with Crippen molar-refractivity contribution >= 4 is 17.6 Å². The molecule has 1 amide bonds. The maximum Gasteiger partial charge on any atom is 0.260 e. The van der Waals surface area contributed by atoms with Gasteiger partial charge in [0.25, 0.3) is 5.90 Å². The lowest BCUT2D eigenvalue weighted by Gasteiger charge is -2.42. The molecule has 155 valence electrons. The second-order valence-electron chi connectivity index (χ2n) is 9.09. The number of nitrogens with zero attached hydrogens (tertiary/aromatic N) is 2. The molecule has 30 heavy (non-hydrogen) atoms. The third kappa shape index (κ3) is 2.22. The molecule has 0 bridgehead atoms. The van der Waals surface area contributed by atoms with Crippen LogP contribution in [0, 0.1) is 23.2 Å². The van der Waals surface area contributed by atoms with E-state index < -0.39 is 5.41 Å². The minimum Gasteiger partial charge on any atom is -0.452 e. The monoisotopic (exact) mass is 405 g/mol. The summed E-state index contributed by atoms with van der Waals surface area (Å²) < 4.78 is 11.3. The Kier molecular flexibility index (Phi) is 3.75. The molecule has 0 aromatic rings. The number of fused-ring (bicyclic) bond motifs is 3. The van der Waals surface area contributed by atoms with E-state index in [0.717, 1.165) is 30.7 Å². The number of hydrogen-bond acceptors (Lipinski definition) is 5. The van der Waals surface area contributed by atoms with Gasteiger partial charge in [-0.15, -0.1) is 0 Å². The average Bonchev–Trinajstić information content (AvgIpc) is 3.25. The zero-order valence-corrected chi connectivity index (χ0v) is 17.4. The molecular formula is C24H25N2O4. The quantitative estimate of drug-likeness (QED) is 0.669. The van der Waals surface area contributed by atoms with Crippen LogP contribution in [-0.2, 0) is 19.1 Å². The molecule has 6 nitrogen and oxygen atoms in total. The molecule has 0 N–H and O–H groups in total. The van der Waals surface area contributed by atoms with Gasteiger partial charge in [0.15, 0.2) is 5.76 Å². The molecule has 2 unspecified atom stereocenters. The van der Waals surface area contributed by atoms with Crippen LogP contribution in [0.25, 0.3) is 0 Å². The van der Waals surface area contributed by atoms with Crippen molar-refractivity contribution in [3.05, 3.63) is 52.4 Å². The fourth-order valence-electron chi connectivity index (χ4n) is 6.10. The molecular weight excluding hydrogens is 380 g/mol. The van der Waals surface area contributed by atoms with Crippen molar-refractivity contribution in [1.82, 2.24) is 4.90 Å². The number of dihydropyridines is 1. The Morgan fingerprint density at radius 2 is 2.13 bits per heavy atom. The average molecular weight is 405 g/mol. The molecule has 0 aromatic carbocycles. The highest BCUT2D eigenvalue weighted by Crippen LogP contribution is 2.62. The fraction of sp³-hybridized carbons (Fsp3) is 0.500. The van der Waals surface area contributed by atoms with Gasteiger partial charge in [0.2, 0.25) is 12.7 Å². The van der Waals surface area contributed by atoms with Crippen LogP contribution < -0.4 is 0 Å². The van der Waals surface area contributed by atoms with Crippen LogP contribution in [0.3, 0.4) is 0 Å². The Labute approximate surface area is 176 Å². The molecule has 1 radical (unpaired) electrons. The summed E-state index contributed by atoms with van der Waals surface area (Å²) in [6, 6.07) is 0. The van der Waals surface area contributed by atoms with Crippen LogP contribution in [-0.4, -0.2) is 35.8 Å². The number of Topliss-reactive ketones (excluding diaryl/α,β-unsaturated/α-hetero) is 1. The highest BCUT2D eigenvalue weighted by molar-refractivity contribution is 5.98. The van der Waals surface area contributed by atoms with Gasteiger partial charge in [-0.25, -0.2) is 4.99 Å². The number of rotatable bonds is 1. The van der Waals surface area contributed by atoms with Gasteiger partial charge in [-0.05, 0) is 49.8 Å². The predicted octanol–water partition coefficient (Wildman–Crippen LogP) is 3.59. The Morgan fingerprint density at radius 1 is 1.27 bits per heavy atom. The Hall–Kier alpha value is -2.63. The number of carbonyl (C=O) groups excluding carboxylic acids is 2. The van der Waals surface area contributed by atoms with E-state index >= 15 is 0 Å². The Bertz CT molecular complexity index is 1030. The zero-order chi connectivity index (χ0) is 20.6. The molecule has 0 aromatic heterocycles. The van der Waals surface area contributed by atoms with Gasteiger partial charge in [0.1, 0.15) is 5.78 Å². The summed E-state index contributed by atoms with van der Waals surface area (Å²) in [6.45, 7) is 4.98. The molecule has 4 heterocycles. The van der Waals surface area contributed by atoms with E-state index in [2.05, 4.69) is 32.1 Å². The second-order valence-corrected chi connectivity index (χ2v) is 9.09. The van der Waals surface area contributed by atoms with Gasteiger partial charge in [0, 0.05) is 31.0 Å². The van der Waals surface area contributed by atoms with Crippen molar-refractivity contribution in [3.63, 3.8) is 0 Å². The minimum atomic E-state index is -0.637. The molecule has 1 spiro atoms. The number of ether oxygens (including phenoxy) is 2. The molecule has 6 rings (SSSR count). The van der Waals surface area contributed by atoms with Gasteiger partial charge < -0.3 is 14.4 Å². The van der Waals surface area contributed by atoms with Crippen molar-refractivity contribution < 1.29 is 19.1 Å². The molecule has 6 aliphatic rings. The molecule has 2 fully saturated rings. The first-order valence-corrected chi connectivity index (χ1v) is 10.9. The van der Waals surface area contributed by atoms with Crippen LogP contribution in [0.4, 0.5) is 0 Å². The van der Waals surface area contributed by atoms with Crippen LogP contribution in [0.5, 0.6) is 0 Å². The van der Waals surface area contributed by atoms with Crippen molar-refractivity contribution in [2.45, 2.75) is 46.0 Å². The largest absolute Gasteiger partial charge is 0.452 e. The second kappa shape index (κ2) is 6.19. The predicted molar refractivity (Wildman–Crippen MR) is 110 cm³/mol. The number of amides is 1. The van der Waals surface area contributed by atoms with Gasteiger partial charge in [-0.3, -0.25) is 9.59 Å². The summed E-state index contributed by atoms with van der Waals surface area (Å²) >= 11 is 0. The summed E-state index contributed by atoms with van der Waals surface area (Å²) in [5.41, 5.74) is 3.73. The van der Waals surface area contributed by atoms with Crippen molar-refractivity contribution in [1.29, 1.82) is 0 Å². The summed E-state index contributed by atoms with van der Waals surface area (Å²) in [7, 11) is 0. The Balaban J connectivity index is 1.58. The number of allylic oxidation sites excluding steroid dienone is 3. The summed E-state index contributed by atoms with van der Waals surface area (Å²) in [5, 5.41) is 0. The highest BCUT2D eigenvalue weighted by atomic mass is 16.7. The summed E-state index contributed by atoms with van der Waals surface area (Å²) in [5.74, 6) is 2.62. The summed E-state index contributed by atoms with van der Waals surface area (Å²) in [6.07, 6.45) is 9.95. The van der Waals surface area contributed by atoms with Gasteiger partial charge in [0.05, 0.1) is 17.0 Å². The third-order valence-corrected chi connectivity index (χ3v) is 7.61. The van der Waals surface area contributed by atoms with E-state index in [4.69, 9.17) is 14.5 Å². The first-order valence-electron chi connectivity index (χ1n) is 10.9. The normalized spacial score (nSPS) is 34.9. The van der Waals surface area contributed by atoms with Crippen molar-refractivity contribution in [3.8, 4) is 0 Å². The van der Waals surface area contributed by atoms with Crippen LogP contribution in [0.1, 0.15) is 46.0 Å². The van der Waals surface area contributed by atoms with Crippen molar-refractivity contribution in [2.24, 2.45) is 22.2 Å². The Morgan fingerprint density at radius 3 is 2.97 bits per heavy atom. The molecule has 6 heteroatoms. The number of hydrogen-bond donors (Lipinski definition) is 0. The molecule has 3 atom stereocenters. The maximum atomic E-state index is 13.8. The van der Waals surface area contributed by atoms with Gasteiger partial charge >= 0.3 is 0 Å². The van der Waals surface area contributed by atoms with Gasteiger partial charge in [-0.1, -0.05) is 18.6 Å². The minimum absolute atomic E-state index is 0.0862. The third-order valence-electron chi connectivity index (χ3n) is 7.61. The van der Waals surface area contributed by atoms with E-state index in [1.54, 1.807) is 0 Å². The van der Waals surface area contributed by atoms with Gasteiger partial charge in [-0.2, -0.15) is 0 Å². The zero-order valence-electron chi connectivity index (χ0n) is 17.4. The van der Waals surface area contributed by atoms with Crippen LogP contribution in [0.15, 0.2) is 51.5 Å². The standard InChI is InChI=1S/C24H25N2O4/c1-3-14-5-7-19-24(10-18-22(25-19)30-12-29-18)20-9-17-13(2)4-6-16(27)8-15(17)11-26(20)23(28)21(14)24/h7,9-10,15,21H,3-6,8,11-12H2,1-2H3/t15?,21?,24-/m1/s1. The van der Waals surface area contributed by atoms with Crippen LogP contribution in [0.2, 0.25) is 0 Å². The number of ketones is 1. The lowest BCUT2D eigenvalue weighted by atomic mass is 9.61. The molecule has 0 saturated carbocycles. The topological polar surface area (TPSA) is 68.2 Å². The molecule has 2 aliphatic carbocycles. The van der Waals surface area contributed by atoms with E-state index in [9.17, 15) is 9.59 Å². The SMILES string of the molecule is CC[C]1CC=C2N=C3OCOC3=C[C@]23C2=CC4=C(C)CCC(=O)CC4CN2C(=O)C13. The first-order chi connectivity index (χ1) is 14.5. The molecule has 2 saturated heterocycles. The molecule has 4 aliphatic heterocycles. The van der Waals surface area contributed by atoms with E-state index in [-0.39, 0.29) is 24.5 Å². The first kappa shape index (κ1) is 18.2. The fourth-order valence-corrected chi connectivity index (χ4v) is 6.10. The lowest BCUT2D eigenvalue weighted by molar-refractivity contribution is -0.131. The van der Waals surface area contributed by atoms with Crippen molar-refractivity contribution in [2.75, 3.05) is 13.3 Å². The van der Waals surface area contributed by atoms with E-state index in [1.807, 2.05) is 4.90 Å².